The molecular weight excluding hydrogens is 310 g/mol. The van der Waals surface area contributed by atoms with Gasteiger partial charge >= 0.3 is 0 Å². The first kappa shape index (κ1) is 17.6. The molecule has 1 N–H and O–H groups in total. The van der Waals surface area contributed by atoms with Crippen molar-refractivity contribution in [1.82, 2.24) is 5.32 Å². The Labute approximate surface area is 143 Å². The van der Waals surface area contributed by atoms with Crippen LogP contribution < -0.4 is 14.8 Å². The molecule has 0 atom stereocenters. The number of ether oxygens (including phenoxy) is 2. The summed E-state index contributed by atoms with van der Waals surface area (Å²) in [6.45, 7) is 7.95. The highest BCUT2D eigenvalue weighted by Gasteiger charge is 2.12. The summed E-state index contributed by atoms with van der Waals surface area (Å²) >= 11 is 6.39. The molecular formula is C19H24ClNO2. The average molecular weight is 334 g/mol. The van der Waals surface area contributed by atoms with Gasteiger partial charge in [0.05, 0.1) is 6.61 Å². The van der Waals surface area contributed by atoms with E-state index in [0.29, 0.717) is 36.6 Å². The van der Waals surface area contributed by atoms with Gasteiger partial charge in [-0.15, -0.1) is 0 Å². The highest BCUT2D eigenvalue weighted by Crippen LogP contribution is 2.34. The molecule has 4 heteroatoms. The van der Waals surface area contributed by atoms with Gasteiger partial charge in [0.15, 0.2) is 11.5 Å². The third-order valence-electron chi connectivity index (χ3n) is 3.35. The Kier molecular flexibility index (Phi) is 6.75. The van der Waals surface area contributed by atoms with Gasteiger partial charge < -0.3 is 14.8 Å². The first-order valence-corrected chi connectivity index (χ1v) is 8.33. The Hall–Kier alpha value is -1.71. The van der Waals surface area contributed by atoms with Gasteiger partial charge in [-0.05, 0) is 24.1 Å². The lowest BCUT2D eigenvalue weighted by atomic mass is 10.2. The molecule has 0 amide bonds. The summed E-state index contributed by atoms with van der Waals surface area (Å²) < 4.78 is 11.6. The van der Waals surface area contributed by atoms with Crippen molar-refractivity contribution >= 4 is 11.6 Å². The lowest BCUT2D eigenvalue weighted by Gasteiger charge is -2.16. The molecule has 0 aliphatic rings. The first-order chi connectivity index (χ1) is 11.1. The van der Waals surface area contributed by atoms with E-state index in [4.69, 9.17) is 21.1 Å². The van der Waals surface area contributed by atoms with Crippen LogP contribution in [0.4, 0.5) is 0 Å². The molecule has 0 aromatic heterocycles. The summed E-state index contributed by atoms with van der Waals surface area (Å²) in [5.41, 5.74) is 2.12. The van der Waals surface area contributed by atoms with E-state index in [2.05, 4.69) is 19.2 Å². The Morgan fingerprint density at radius 3 is 2.39 bits per heavy atom. The van der Waals surface area contributed by atoms with Gasteiger partial charge in [-0.2, -0.15) is 0 Å². The monoisotopic (exact) mass is 333 g/mol. The molecule has 2 rings (SSSR count). The minimum atomic E-state index is 0.399. The summed E-state index contributed by atoms with van der Waals surface area (Å²) in [7, 11) is 0. The van der Waals surface area contributed by atoms with Gasteiger partial charge in [-0.1, -0.05) is 55.8 Å². The third-order valence-corrected chi connectivity index (χ3v) is 3.70. The van der Waals surface area contributed by atoms with Gasteiger partial charge in [0, 0.05) is 23.7 Å². The van der Waals surface area contributed by atoms with Crippen LogP contribution in [0.25, 0.3) is 0 Å². The van der Waals surface area contributed by atoms with Crippen molar-refractivity contribution in [2.75, 3.05) is 6.61 Å². The zero-order valence-corrected chi connectivity index (χ0v) is 14.7. The Morgan fingerprint density at radius 1 is 1.04 bits per heavy atom. The van der Waals surface area contributed by atoms with E-state index in [0.717, 1.165) is 16.9 Å². The van der Waals surface area contributed by atoms with Crippen LogP contribution in [0.5, 0.6) is 11.5 Å². The Balaban J connectivity index is 2.15. The quantitative estimate of drug-likeness (QED) is 0.751. The molecule has 0 unspecified atom stereocenters. The fourth-order valence-corrected chi connectivity index (χ4v) is 2.36. The number of rotatable bonds is 8. The highest BCUT2D eigenvalue weighted by atomic mass is 35.5. The average Bonchev–Trinajstić information content (AvgIpc) is 2.54. The largest absolute Gasteiger partial charge is 0.490 e. The van der Waals surface area contributed by atoms with Crippen molar-refractivity contribution < 1.29 is 9.47 Å². The van der Waals surface area contributed by atoms with Crippen LogP contribution in [0.3, 0.4) is 0 Å². The van der Waals surface area contributed by atoms with Crippen LogP contribution in [0.15, 0.2) is 42.5 Å². The SMILES string of the molecule is CCOc1cc(CNC(C)C)c(Cl)cc1OCc1ccccc1. The predicted molar refractivity (Wildman–Crippen MR) is 95.4 cm³/mol. The molecule has 0 bridgehead atoms. The Morgan fingerprint density at radius 2 is 1.74 bits per heavy atom. The molecule has 0 aliphatic carbocycles. The van der Waals surface area contributed by atoms with Gasteiger partial charge in [0.2, 0.25) is 0 Å². The maximum absolute atomic E-state index is 6.39. The van der Waals surface area contributed by atoms with Crippen LogP contribution in [0.1, 0.15) is 31.9 Å². The van der Waals surface area contributed by atoms with Crippen molar-refractivity contribution in [1.29, 1.82) is 0 Å². The second kappa shape index (κ2) is 8.80. The summed E-state index contributed by atoms with van der Waals surface area (Å²) in [4.78, 5) is 0. The van der Waals surface area contributed by atoms with E-state index in [-0.39, 0.29) is 0 Å². The highest BCUT2D eigenvalue weighted by molar-refractivity contribution is 6.31. The number of hydrogen-bond acceptors (Lipinski definition) is 3. The van der Waals surface area contributed by atoms with E-state index in [1.807, 2.05) is 49.4 Å². The van der Waals surface area contributed by atoms with E-state index in [9.17, 15) is 0 Å². The van der Waals surface area contributed by atoms with E-state index < -0.39 is 0 Å². The van der Waals surface area contributed by atoms with E-state index in [1.54, 1.807) is 0 Å². The molecule has 0 spiro atoms. The zero-order chi connectivity index (χ0) is 16.7. The van der Waals surface area contributed by atoms with Crippen molar-refractivity contribution in [2.24, 2.45) is 0 Å². The molecule has 0 saturated heterocycles. The smallest absolute Gasteiger partial charge is 0.163 e. The molecule has 0 heterocycles. The van der Waals surface area contributed by atoms with Crippen LogP contribution >= 0.6 is 11.6 Å². The maximum Gasteiger partial charge on any atom is 0.163 e. The molecule has 0 saturated carbocycles. The van der Waals surface area contributed by atoms with Gasteiger partial charge in [0.25, 0.3) is 0 Å². The molecule has 0 aliphatic heterocycles. The first-order valence-electron chi connectivity index (χ1n) is 7.95. The number of benzene rings is 2. The molecule has 124 valence electrons. The topological polar surface area (TPSA) is 30.5 Å². The molecule has 2 aromatic carbocycles. The standard InChI is InChI=1S/C19H24ClNO2/c1-4-22-18-10-16(12-21-14(2)3)17(20)11-19(18)23-13-15-8-6-5-7-9-15/h5-11,14,21H,4,12-13H2,1-3H3. The zero-order valence-electron chi connectivity index (χ0n) is 13.9. The fourth-order valence-electron chi connectivity index (χ4n) is 2.14. The summed E-state index contributed by atoms with van der Waals surface area (Å²) in [5, 5.41) is 4.05. The molecule has 2 aromatic rings. The van der Waals surface area contributed by atoms with Gasteiger partial charge in [-0.3, -0.25) is 0 Å². The lowest BCUT2D eigenvalue weighted by Crippen LogP contribution is -2.22. The van der Waals surface area contributed by atoms with Crippen molar-refractivity contribution in [3.05, 3.63) is 58.6 Å². The van der Waals surface area contributed by atoms with Crippen molar-refractivity contribution in [3.63, 3.8) is 0 Å². The van der Waals surface area contributed by atoms with E-state index in [1.165, 1.54) is 0 Å². The summed E-state index contributed by atoms with van der Waals surface area (Å²) in [5.74, 6) is 1.40. The van der Waals surface area contributed by atoms with Crippen LogP contribution in [-0.2, 0) is 13.2 Å². The Bertz CT molecular complexity index is 614. The number of nitrogens with one attached hydrogen (secondary N) is 1. The molecule has 0 fully saturated rings. The lowest BCUT2D eigenvalue weighted by molar-refractivity contribution is 0.269. The van der Waals surface area contributed by atoms with Crippen molar-refractivity contribution in [3.8, 4) is 11.5 Å². The minimum Gasteiger partial charge on any atom is -0.490 e. The molecule has 3 nitrogen and oxygen atoms in total. The van der Waals surface area contributed by atoms with E-state index >= 15 is 0 Å². The van der Waals surface area contributed by atoms with Gasteiger partial charge in [0.1, 0.15) is 6.61 Å². The fraction of sp³-hybridized carbons (Fsp3) is 0.368. The minimum absolute atomic E-state index is 0.399. The second-order valence-corrected chi connectivity index (χ2v) is 6.04. The van der Waals surface area contributed by atoms with Crippen LogP contribution in [0, 0.1) is 0 Å². The number of halogens is 1. The maximum atomic E-state index is 6.39. The van der Waals surface area contributed by atoms with Gasteiger partial charge in [-0.25, -0.2) is 0 Å². The second-order valence-electron chi connectivity index (χ2n) is 5.63. The summed E-state index contributed by atoms with van der Waals surface area (Å²) in [6, 6.07) is 14.2. The normalized spacial score (nSPS) is 10.8. The predicted octanol–water partition coefficient (Wildman–Crippen LogP) is 4.82. The number of hydrogen-bond donors (Lipinski definition) is 1. The van der Waals surface area contributed by atoms with Crippen LogP contribution in [0.2, 0.25) is 5.02 Å². The molecule has 0 radical (unpaired) electrons. The summed E-state index contributed by atoms with van der Waals surface area (Å²) in [6.07, 6.45) is 0. The van der Waals surface area contributed by atoms with Crippen LogP contribution in [-0.4, -0.2) is 12.6 Å². The molecule has 23 heavy (non-hydrogen) atoms. The van der Waals surface area contributed by atoms with Crippen molar-refractivity contribution in [2.45, 2.75) is 40.0 Å². The third kappa shape index (κ3) is 5.45.